The highest BCUT2D eigenvalue weighted by molar-refractivity contribution is 5.43. The minimum Gasteiger partial charge on any atom is -0.459 e. The van der Waals surface area contributed by atoms with Crippen molar-refractivity contribution in [3.63, 3.8) is 0 Å². The van der Waals surface area contributed by atoms with Gasteiger partial charge in [0, 0.05) is 0 Å². The van der Waals surface area contributed by atoms with Gasteiger partial charge in [-0.05, 0) is 26.0 Å². The molecule has 74 valence electrons. The van der Waals surface area contributed by atoms with Gasteiger partial charge in [0.15, 0.2) is 11.6 Å². The second kappa shape index (κ2) is 2.95. The van der Waals surface area contributed by atoms with Crippen molar-refractivity contribution in [3.8, 4) is 11.7 Å². The van der Waals surface area contributed by atoms with Crippen LogP contribution in [-0.4, -0.2) is 10.1 Å². The second-order valence-electron chi connectivity index (χ2n) is 3.62. The van der Waals surface area contributed by atoms with Gasteiger partial charge in [0.1, 0.15) is 0 Å². The number of rotatable bonds is 2. The Kier molecular flexibility index (Phi) is 1.89. The Labute approximate surface area is 80.9 Å². The van der Waals surface area contributed by atoms with Crippen molar-refractivity contribution in [1.29, 1.82) is 0 Å². The Bertz CT molecular complexity index is 411. The first-order valence-corrected chi connectivity index (χ1v) is 4.24. The Morgan fingerprint density at radius 3 is 2.71 bits per heavy atom. The molecule has 2 aromatic heterocycles. The summed E-state index contributed by atoms with van der Waals surface area (Å²) >= 11 is 0. The number of nitrogens with zero attached hydrogens (tertiary/aromatic N) is 2. The number of hydrogen-bond acceptors (Lipinski definition) is 5. The van der Waals surface area contributed by atoms with E-state index < -0.39 is 5.54 Å². The molecule has 2 N–H and O–H groups in total. The van der Waals surface area contributed by atoms with Crippen molar-refractivity contribution in [2.45, 2.75) is 19.4 Å². The Balaban J connectivity index is 2.36. The molecule has 0 radical (unpaired) electrons. The summed E-state index contributed by atoms with van der Waals surface area (Å²) in [5.74, 6) is 1.36. The Morgan fingerprint density at radius 1 is 1.43 bits per heavy atom. The van der Waals surface area contributed by atoms with E-state index in [4.69, 9.17) is 14.7 Å². The van der Waals surface area contributed by atoms with E-state index in [2.05, 4.69) is 10.1 Å². The third-order valence-corrected chi connectivity index (χ3v) is 1.73. The van der Waals surface area contributed by atoms with Crippen LogP contribution in [0.15, 0.2) is 27.3 Å². The smallest absolute Gasteiger partial charge is 0.293 e. The fourth-order valence-electron chi connectivity index (χ4n) is 0.986. The molecule has 0 aliphatic carbocycles. The van der Waals surface area contributed by atoms with E-state index in [1.807, 2.05) is 13.8 Å². The third-order valence-electron chi connectivity index (χ3n) is 1.73. The predicted octanol–water partition coefficient (Wildman–Crippen LogP) is 1.52. The molecule has 0 fully saturated rings. The van der Waals surface area contributed by atoms with E-state index in [-0.39, 0.29) is 0 Å². The van der Waals surface area contributed by atoms with Gasteiger partial charge in [-0.1, -0.05) is 5.16 Å². The SMILES string of the molecule is CC(C)(N)c1noc(-c2ccco2)n1. The first-order valence-electron chi connectivity index (χ1n) is 4.24. The van der Waals surface area contributed by atoms with Gasteiger partial charge in [-0.2, -0.15) is 4.98 Å². The average molecular weight is 193 g/mol. The van der Waals surface area contributed by atoms with E-state index >= 15 is 0 Å². The standard InChI is InChI=1S/C9H11N3O2/c1-9(2,10)8-11-7(14-12-8)6-4-3-5-13-6/h3-5H,10H2,1-2H3. The van der Waals surface area contributed by atoms with Crippen LogP contribution in [0.2, 0.25) is 0 Å². The highest BCUT2D eigenvalue weighted by Crippen LogP contribution is 2.20. The first kappa shape index (κ1) is 8.96. The molecule has 5 nitrogen and oxygen atoms in total. The zero-order valence-corrected chi connectivity index (χ0v) is 8.02. The fraction of sp³-hybridized carbons (Fsp3) is 0.333. The maximum Gasteiger partial charge on any atom is 0.293 e. The maximum atomic E-state index is 5.81. The monoisotopic (exact) mass is 193 g/mol. The number of aromatic nitrogens is 2. The van der Waals surface area contributed by atoms with Gasteiger partial charge in [0.05, 0.1) is 11.8 Å². The lowest BCUT2D eigenvalue weighted by Gasteiger charge is -2.11. The molecule has 5 heteroatoms. The molecule has 0 saturated carbocycles. The fourth-order valence-corrected chi connectivity index (χ4v) is 0.986. The van der Waals surface area contributed by atoms with E-state index in [1.54, 1.807) is 18.4 Å². The van der Waals surface area contributed by atoms with Crippen LogP contribution in [0, 0.1) is 0 Å². The highest BCUT2D eigenvalue weighted by atomic mass is 16.5. The quantitative estimate of drug-likeness (QED) is 0.782. The van der Waals surface area contributed by atoms with Crippen molar-refractivity contribution in [1.82, 2.24) is 10.1 Å². The lowest BCUT2D eigenvalue weighted by Crippen LogP contribution is -2.30. The molecular formula is C9H11N3O2. The van der Waals surface area contributed by atoms with Crippen LogP contribution in [0.3, 0.4) is 0 Å². The van der Waals surface area contributed by atoms with Crippen LogP contribution in [0.25, 0.3) is 11.7 Å². The molecule has 0 aromatic carbocycles. The summed E-state index contributed by atoms with van der Waals surface area (Å²) in [7, 11) is 0. The van der Waals surface area contributed by atoms with Gasteiger partial charge in [0.25, 0.3) is 5.89 Å². The van der Waals surface area contributed by atoms with Crippen LogP contribution in [-0.2, 0) is 5.54 Å². The molecule has 0 aliphatic heterocycles. The van der Waals surface area contributed by atoms with E-state index in [9.17, 15) is 0 Å². The van der Waals surface area contributed by atoms with Crippen molar-refractivity contribution < 1.29 is 8.94 Å². The normalized spacial score (nSPS) is 11.9. The Hall–Kier alpha value is -1.62. The number of furan rings is 1. The summed E-state index contributed by atoms with van der Waals surface area (Å²) in [5, 5.41) is 3.77. The summed E-state index contributed by atoms with van der Waals surface area (Å²) in [6, 6.07) is 3.51. The molecule has 0 atom stereocenters. The minimum absolute atomic E-state index is 0.350. The molecule has 2 heterocycles. The maximum absolute atomic E-state index is 5.81. The molecule has 0 spiro atoms. The van der Waals surface area contributed by atoms with Gasteiger partial charge in [-0.15, -0.1) is 0 Å². The van der Waals surface area contributed by atoms with Crippen LogP contribution in [0.5, 0.6) is 0 Å². The van der Waals surface area contributed by atoms with Gasteiger partial charge in [0.2, 0.25) is 0 Å². The van der Waals surface area contributed by atoms with Gasteiger partial charge in [-0.3, -0.25) is 0 Å². The molecule has 0 amide bonds. The van der Waals surface area contributed by atoms with Gasteiger partial charge >= 0.3 is 0 Å². The molecule has 0 saturated heterocycles. The number of nitrogens with two attached hydrogens (primary N) is 1. The van der Waals surface area contributed by atoms with Crippen LogP contribution < -0.4 is 5.73 Å². The van der Waals surface area contributed by atoms with Gasteiger partial charge < -0.3 is 14.7 Å². The zero-order valence-electron chi connectivity index (χ0n) is 8.02. The summed E-state index contributed by atoms with van der Waals surface area (Å²) in [6.07, 6.45) is 1.55. The zero-order chi connectivity index (χ0) is 10.2. The van der Waals surface area contributed by atoms with Crippen molar-refractivity contribution in [2.24, 2.45) is 5.73 Å². The first-order chi connectivity index (χ1) is 6.57. The predicted molar refractivity (Wildman–Crippen MR) is 49.2 cm³/mol. The minimum atomic E-state index is -0.603. The highest BCUT2D eigenvalue weighted by Gasteiger charge is 2.22. The van der Waals surface area contributed by atoms with Crippen molar-refractivity contribution in [2.75, 3.05) is 0 Å². The second-order valence-corrected chi connectivity index (χ2v) is 3.62. The van der Waals surface area contributed by atoms with Crippen LogP contribution in [0.1, 0.15) is 19.7 Å². The van der Waals surface area contributed by atoms with E-state index in [0.29, 0.717) is 17.5 Å². The Morgan fingerprint density at radius 2 is 2.21 bits per heavy atom. The summed E-state index contributed by atoms with van der Waals surface area (Å²) in [6.45, 7) is 3.62. The topological polar surface area (TPSA) is 78.1 Å². The number of hydrogen-bond donors (Lipinski definition) is 1. The molecule has 14 heavy (non-hydrogen) atoms. The van der Waals surface area contributed by atoms with E-state index in [0.717, 1.165) is 0 Å². The third kappa shape index (κ3) is 1.54. The van der Waals surface area contributed by atoms with Crippen LogP contribution in [0.4, 0.5) is 0 Å². The molecular weight excluding hydrogens is 182 g/mol. The molecule has 0 unspecified atom stereocenters. The summed E-state index contributed by atoms with van der Waals surface area (Å²) < 4.78 is 10.1. The molecule has 0 aliphatic rings. The van der Waals surface area contributed by atoms with Crippen molar-refractivity contribution >= 4 is 0 Å². The summed E-state index contributed by atoms with van der Waals surface area (Å²) in [5.41, 5.74) is 5.21. The lowest BCUT2D eigenvalue weighted by atomic mass is 10.1. The van der Waals surface area contributed by atoms with Crippen molar-refractivity contribution in [3.05, 3.63) is 24.2 Å². The lowest BCUT2D eigenvalue weighted by molar-refractivity contribution is 0.389. The van der Waals surface area contributed by atoms with Crippen LogP contribution >= 0.6 is 0 Å². The largest absolute Gasteiger partial charge is 0.459 e. The molecule has 2 aromatic rings. The van der Waals surface area contributed by atoms with Gasteiger partial charge in [-0.25, -0.2) is 0 Å². The molecule has 2 rings (SSSR count). The average Bonchev–Trinajstić information content (AvgIpc) is 2.73. The summed E-state index contributed by atoms with van der Waals surface area (Å²) in [4.78, 5) is 4.13. The molecule has 0 bridgehead atoms. The van der Waals surface area contributed by atoms with E-state index in [1.165, 1.54) is 0 Å².